The fraction of sp³-hybridized carbons (Fsp3) is 0.581. The van der Waals surface area contributed by atoms with Gasteiger partial charge in [-0.2, -0.15) is 5.70 Å². The number of carbonyl (C=O) groups excluding carboxylic acids is 7. The normalized spacial score (nSPS) is 31.5. The molecule has 3 fully saturated rings. The van der Waals surface area contributed by atoms with Crippen LogP contribution in [0.25, 0.3) is 33.2 Å². The zero-order valence-electron chi connectivity index (χ0n) is 63.9. The van der Waals surface area contributed by atoms with Gasteiger partial charge in [-0.15, -0.1) is 0 Å². The van der Waals surface area contributed by atoms with Crippen molar-refractivity contribution in [3.05, 3.63) is 101 Å². The number of aromatic nitrogens is 7. The molecule has 11 heterocycles. The van der Waals surface area contributed by atoms with Crippen LogP contribution in [0.5, 0.6) is 0 Å². The largest absolute Gasteiger partial charge is 2.00 e. The van der Waals surface area contributed by atoms with Crippen LogP contribution in [0.15, 0.2) is 92.8 Å². The van der Waals surface area contributed by atoms with E-state index in [9.17, 15) is 63.4 Å². The number of hydrogen-bond donors (Lipinski definition) is 11. The van der Waals surface area contributed by atoms with E-state index in [4.69, 9.17) is 73.2 Å². The molecular weight excluding hydrogens is 1500 g/mol. The predicted molar refractivity (Wildman–Crippen MR) is 399 cm³/mol. The number of imidazole rings is 3. The number of aliphatic hydroxyl groups is 4. The molecule has 7 aliphatic heterocycles. The molecule has 1 aromatic carbocycles. The molecule has 19 atom stereocenters. The fourth-order valence-electron chi connectivity index (χ4n) is 17.8. The van der Waals surface area contributed by atoms with Crippen molar-refractivity contribution in [1.82, 2.24) is 38.8 Å². The Balaban J connectivity index is 0.000000531. The van der Waals surface area contributed by atoms with E-state index < -0.39 is 168 Å². The van der Waals surface area contributed by atoms with Gasteiger partial charge in [0, 0.05) is 121 Å². The van der Waals surface area contributed by atoms with E-state index in [2.05, 4.69) is 32.2 Å². The molecule has 12 rings (SSSR count). The SMILES string of the molecule is CC1=C2N=C(C=C3N=C(C(C)=C4[N-]C(C(CC(N)=O)C4(C)CCC(=O)NCC(C)OP(=O)([O-])OC4C(CO)OC(n5cnc6cc(C)c(C)cc65)C4O)C4(C)N=C1C(CCC(N)=O)C4(C)CC(N)=O)C(CCC(N)=O)C3(C)C)C(CCC(N)=O)C2(C)CC(N)=O.[CH2-]C1OC(n2cnc3c2ncn2ccnc32)C(O)C1O.[Co+2]. The number of nitrogens with two attached hydrogens (primary N) is 6. The fourth-order valence-corrected chi connectivity index (χ4v) is 18.9. The number of aliphatic hydroxyl groups excluding tert-OH is 4. The van der Waals surface area contributed by atoms with Crippen molar-refractivity contribution in [3.8, 4) is 0 Å². The molecule has 0 spiro atoms. The number of nitrogens with zero attached hydrogens (tertiary/aromatic N) is 11. The van der Waals surface area contributed by atoms with Gasteiger partial charge in [0.15, 0.2) is 29.3 Å². The van der Waals surface area contributed by atoms with Crippen LogP contribution in [0.3, 0.4) is 0 Å². The minimum atomic E-state index is -5.32. The molecule has 4 aromatic heterocycles. The number of phosphoric acid groups is 1. The molecule has 7 aliphatic rings. The molecule has 19 unspecified atom stereocenters. The topological polar surface area (TPSA) is 563 Å². The number of carbonyl (C=O) groups is 7. The first-order valence-corrected chi connectivity index (χ1v) is 38.1. The van der Waals surface area contributed by atoms with Gasteiger partial charge in [0.05, 0.1) is 53.7 Å². The second kappa shape index (κ2) is 32.2. The molecule has 37 heteroatoms. The Morgan fingerprint density at radius 1 is 0.721 bits per heavy atom. The van der Waals surface area contributed by atoms with E-state index in [1.807, 2.05) is 80.5 Å². The van der Waals surface area contributed by atoms with E-state index in [-0.39, 0.29) is 94.0 Å². The number of rotatable bonds is 27. The Labute approximate surface area is 651 Å². The van der Waals surface area contributed by atoms with E-state index in [0.717, 1.165) is 11.1 Å². The number of phosphoric ester groups is 1. The number of allylic oxidation sites excluding steroid dienone is 6. The zero-order chi connectivity index (χ0) is 80.6. The molecule has 111 heavy (non-hydrogen) atoms. The number of amides is 7. The average Bonchev–Trinajstić information content (AvgIpc) is 1.53. The first kappa shape index (κ1) is 84.9. The average molecular weight is 1600 g/mol. The third-order valence-corrected chi connectivity index (χ3v) is 25.2. The maximum atomic E-state index is 14.4. The number of benzene rings is 1. The van der Waals surface area contributed by atoms with E-state index in [1.54, 1.807) is 34.6 Å². The second-order valence-electron chi connectivity index (χ2n) is 31.8. The molecule has 0 saturated carbocycles. The Morgan fingerprint density at radius 3 is 1.95 bits per heavy atom. The van der Waals surface area contributed by atoms with Gasteiger partial charge in [0.25, 0.3) is 7.82 Å². The maximum Gasteiger partial charge on any atom is 2.00 e. The zero-order valence-corrected chi connectivity index (χ0v) is 65.8. The van der Waals surface area contributed by atoms with E-state index >= 15 is 0 Å². The standard InChI is InChI=1S/C62H90N13O14P.C12H12N5O3.Co/c1-29-20-39-40(21-30(29)2)75(28-70-39)57-52(84)53(41(27-76)87-57)89-90(85,86)88-31(3)26-69-49(83)18-19-59(8)37(22-46(66)80)56-62(11)61(10,25-48(68)82)36(14-17-45(65)79)51(74-62)33(5)55-60(9,24-47(67)81)34(12-15-43(63)77)38(71-55)23-42-58(6,7)35(13-16-44(64)78)50(72-42)32(4)54(59)73-56;1-6-8(18)9(19)12(20-6)17-5-14-7-10-13-2-3-16(10)4-15-11(7)17;/h20-21,23,28,31,34-37,41,52-53,56-57,76,84H,12-19,22,24-27H2,1-11H3,(H15,63,64,65,66,67,68,69,71,72,73,74,77,78,79,80,81,82,83,85,86);2-6,8-9,12,18-19H,1H2;/q;-1;+2/p-2. The first-order chi connectivity index (χ1) is 51.5. The predicted octanol–water partition coefficient (Wildman–Crippen LogP) is 2.85. The van der Waals surface area contributed by atoms with Gasteiger partial charge in [-0.05, 0) is 125 Å². The molecule has 8 bridgehead atoms. The molecule has 17 N–H and O–H groups in total. The number of ether oxygens (including phenoxy) is 2. The molecule has 3 saturated heterocycles. The van der Waals surface area contributed by atoms with Crippen LogP contribution in [0.4, 0.5) is 0 Å². The number of hydrogen-bond acceptors (Lipinski definition) is 24. The summed E-state index contributed by atoms with van der Waals surface area (Å²) in [5.41, 5.74) is 38.5. The van der Waals surface area contributed by atoms with Crippen molar-refractivity contribution in [2.75, 3.05) is 13.2 Å². The Morgan fingerprint density at radius 2 is 1.34 bits per heavy atom. The smallest absolute Gasteiger partial charge is 0.756 e. The summed E-state index contributed by atoms with van der Waals surface area (Å²) in [6, 6.07) is 2.65. The summed E-state index contributed by atoms with van der Waals surface area (Å²) in [6.07, 6.45) is -1.79. The minimum absolute atomic E-state index is 0. The van der Waals surface area contributed by atoms with Gasteiger partial charge in [-0.3, -0.25) is 62.1 Å². The summed E-state index contributed by atoms with van der Waals surface area (Å²) in [6.45, 7) is 22.6. The number of nitrogens with one attached hydrogen (secondary N) is 1. The molecule has 35 nitrogen and oxygen atoms in total. The number of fused-ring (bicyclic) bond motifs is 10. The van der Waals surface area contributed by atoms with Gasteiger partial charge in [0.1, 0.15) is 30.7 Å². The van der Waals surface area contributed by atoms with Crippen LogP contribution < -0.4 is 44.6 Å². The maximum absolute atomic E-state index is 14.4. The summed E-state index contributed by atoms with van der Waals surface area (Å²) in [4.78, 5) is 141. The summed E-state index contributed by atoms with van der Waals surface area (Å²) < 4.78 is 40.7. The monoisotopic (exact) mass is 1600 g/mol. The molecule has 5 aromatic rings. The van der Waals surface area contributed by atoms with Crippen LogP contribution >= 0.6 is 7.82 Å². The van der Waals surface area contributed by atoms with Crippen LogP contribution in [0.1, 0.15) is 157 Å². The summed E-state index contributed by atoms with van der Waals surface area (Å²) in [7, 11) is -5.32. The van der Waals surface area contributed by atoms with Crippen LogP contribution in [0, 0.1) is 66.1 Å². The molecular formula is C74H100CoN18O17P-. The van der Waals surface area contributed by atoms with Crippen molar-refractivity contribution >= 4 is 94.2 Å². The Bertz CT molecular complexity index is 4780. The number of aliphatic imine (C=N–C) groups is 3. The number of primary amides is 6. The van der Waals surface area contributed by atoms with Crippen molar-refractivity contribution in [2.45, 2.75) is 214 Å². The molecule has 0 aliphatic carbocycles. The Kier molecular flexibility index (Phi) is 24.6. The summed E-state index contributed by atoms with van der Waals surface area (Å²) in [5.74, 6) is -7.40. The summed E-state index contributed by atoms with van der Waals surface area (Å²) in [5, 5.41) is 49.9. The Hall–Kier alpha value is -8.52. The van der Waals surface area contributed by atoms with Crippen molar-refractivity contribution < 1.29 is 98.7 Å². The third-order valence-electron chi connectivity index (χ3n) is 24.0. The third kappa shape index (κ3) is 16.0. The molecule has 7 amide bonds. The molecule has 603 valence electrons. The van der Waals surface area contributed by atoms with Crippen LogP contribution in [-0.4, -0.2) is 180 Å². The van der Waals surface area contributed by atoms with Crippen LogP contribution in [0.2, 0.25) is 0 Å². The van der Waals surface area contributed by atoms with Gasteiger partial charge in [-0.1, -0.05) is 40.7 Å². The van der Waals surface area contributed by atoms with E-state index in [1.165, 1.54) is 24.1 Å². The van der Waals surface area contributed by atoms with Crippen molar-refractivity contribution in [2.24, 2.45) is 94.7 Å². The van der Waals surface area contributed by atoms with Crippen LogP contribution in [-0.2, 0) is 73.4 Å². The van der Waals surface area contributed by atoms with Gasteiger partial charge in [-0.25, -0.2) is 19.9 Å². The quantitative estimate of drug-likeness (QED) is 0.0266. The first-order valence-electron chi connectivity index (χ1n) is 36.6. The molecule has 1 radical (unpaired) electrons. The van der Waals surface area contributed by atoms with Gasteiger partial charge < -0.3 is 100 Å². The minimum Gasteiger partial charge on any atom is -0.756 e. The van der Waals surface area contributed by atoms with E-state index in [0.29, 0.717) is 73.2 Å². The second-order valence-corrected chi connectivity index (χ2v) is 33.1. The van der Waals surface area contributed by atoms with Gasteiger partial charge >= 0.3 is 16.8 Å². The van der Waals surface area contributed by atoms with Crippen molar-refractivity contribution in [1.29, 1.82) is 0 Å². The summed E-state index contributed by atoms with van der Waals surface area (Å²) >= 11 is 0. The van der Waals surface area contributed by atoms with Gasteiger partial charge in [0.2, 0.25) is 41.4 Å². The number of aryl methyl sites for hydroxylation is 2. The van der Waals surface area contributed by atoms with Crippen molar-refractivity contribution in [3.63, 3.8) is 0 Å².